The summed E-state index contributed by atoms with van der Waals surface area (Å²) in [5.74, 6) is 0.977. The van der Waals surface area contributed by atoms with Gasteiger partial charge in [-0.05, 0) is 44.0 Å². The van der Waals surface area contributed by atoms with Gasteiger partial charge in [0.05, 0.1) is 12.6 Å². The second-order valence-corrected chi connectivity index (χ2v) is 6.26. The summed E-state index contributed by atoms with van der Waals surface area (Å²) in [7, 11) is 3.91. The fourth-order valence-electron chi connectivity index (χ4n) is 3.20. The van der Waals surface area contributed by atoms with Gasteiger partial charge in [-0.15, -0.1) is 0 Å². The number of rotatable bonds is 1. The molecule has 0 saturated heterocycles. The van der Waals surface area contributed by atoms with Gasteiger partial charge in [-0.25, -0.2) is 0 Å². The van der Waals surface area contributed by atoms with Gasteiger partial charge in [0.15, 0.2) is 0 Å². The number of benzene rings is 1. The number of nitrogens with one attached hydrogen (secondary N) is 1. The smallest absolute Gasteiger partial charge is 0.143 e. The molecule has 3 nitrogen and oxygen atoms in total. The van der Waals surface area contributed by atoms with Crippen LogP contribution >= 0.6 is 0 Å². The van der Waals surface area contributed by atoms with E-state index in [0.29, 0.717) is 0 Å². The van der Waals surface area contributed by atoms with Gasteiger partial charge in [-0.2, -0.15) is 0 Å². The maximum Gasteiger partial charge on any atom is 0.143 e. The molecular formula is C16H22N2O. The molecule has 0 radical (unpaired) electrons. The van der Waals surface area contributed by atoms with Crippen molar-refractivity contribution in [1.29, 1.82) is 0 Å². The largest absolute Gasteiger partial charge is 0.495 e. The lowest BCUT2D eigenvalue weighted by molar-refractivity contribution is 0.355. The van der Waals surface area contributed by atoms with E-state index in [-0.39, 0.29) is 5.54 Å². The van der Waals surface area contributed by atoms with Crippen molar-refractivity contribution in [2.45, 2.75) is 39.3 Å². The molecule has 1 aliphatic heterocycles. The molecule has 0 aliphatic carbocycles. The first kappa shape index (κ1) is 12.5. The molecule has 102 valence electrons. The topological polar surface area (TPSA) is 26.2 Å². The Morgan fingerprint density at radius 2 is 2.05 bits per heavy atom. The zero-order valence-electron chi connectivity index (χ0n) is 12.4. The van der Waals surface area contributed by atoms with Crippen LogP contribution in [-0.2, 0) is 20.0 Å². The van der Waals surface area contributed by atoms with E-state index in [1.165, 1.54) is 27.7 Å². The lowest BCUT2D eigenvalue weighted by Crippen LogP contribution is -2.44. The van der Waals surface area contributed by atoms with Crippen molar-refractivity contribution < 1.29 is 4.74 Å². The van der Waals surface area contributed by atoms with Crippen LogP contribution in [0.3, 0.4) is 0 Å². The summed E-state index contributed by atoms with van der Waals surface area (Å²) < 4.78 is 7.89. The maximum atomic E-state index is 5.58. The van der Waals surface area contributed by atoms with Crippen molar-refractivity contribution >= 4 is 10.9 Å². The Kier molecular flexibility index (Phi) is 2.65. The summed E-state index contributed by atoms with van der Waals surface area (Å²) in [6.07, 6.45) is 1.05. The quantitative estimate of drug-likeness (QED) is 0.851. The third kappa shape index (κ3) is 1.84. The number of ether oxygens (including phenoxy) is 1. The number of aryl methyl sites for hydroxylation is 2. The van der Waals surface area contributed by atoms with Gasteiger partial charge in [-0.1, -0.05) is 0 Å². The van der Waals surface area contributed by atoms with Crippen LogP contribution in [0, 0.1) is 6.92 Å². The standard InChI is InChI=1S/C16H22N2O/c1-10-6-11-12-9-17-16(2,3)8-13(12)18(4)15(11)14(7-10)19-5/h6-7,17H,8-9H2,1-5H3. The highest BCUT2D eigenvalue weighted by Crippen LogP contribution is 2.36. The minimum Gasteiger partial charge on any atom is -0.495 e. The molecule has 1 aliphatic rings. The van der Waals surface area contributed by atoms with E-state index in [2.05, 4.69) is 49.8 Å². The summed E-state index contributed by atoms with van der Waals surface area (Å²) in [6.45, 7) is 7.58. The van der Waals surface area contributed by atoms with Crippen molar-refractivity contribution in [3.05, 3.63) is 29.0 Å². The summed E-state index contributed by atoms with van der Waals surface area (Å²) in [6, 6.07) is 4.39. The first-order chi connectivity index (χ1) is 8.93. The molecule has 1 aromatic heterocycles. The lowest BCUT2D eigenvalue weighted by Gasteiger charge is -2.32. The number of fused-ring (bicyclic) bond motifs is 3. The Labute approximate surface area is 114 Å². The molecule has 2 heterocycles. The molecular weight excluding hydrogens is 236 g/mol. The van der Waals surface area contributed by atoms with Crippen LogP contribution in [-0.4, -0.2) is 17.2 Å². The zero-order valence-corrected chi connectivity index (χ0v) is 12.4. The SMILES string of the molecule is COc1cc(C)cc2c3c(n(C)c12)CC(C)(C)NC3. The minimum atomic E-state index is 0.164. The Balaban J connectivity index is 2.33. The molecule has 2 aromatic rings. The van der Waals surface area contributed by atoms with Gasteiger partial charge in [0, 0.05) is 36.6 Å². The fraction of sp³-hybridized carbons (Fsp3) is 0.500. The molecule has 0 unspecified atom stereocenters. The van der Waals surface area contributed by atoms with Gasteiger partial charge in [-0.3, -0.25) is 0 Å². The predicted molar refractivity (Wildman–Crippen MR) is 78.8 cm³/mol. The molecule has 0 bridgehead atoms. The molecule has 0 spiro atoms. The third-order valence-electron chi connectivity index (χ3n) is 4.21. The highest BCUT2D eigenvalue weighted by Gasteiger charge is 2.29. The van der Waals surface area contributed by atoms with Crippen LogP contribution in [0.5, 0.6) is 5.75 Å². The lowest BCUT2D eigenvalue weighted by atomic mass is 9.91. The van der Waals surface area contributed by atoms with Crippen LogP contribution < -0.4 is 10.1 Å². The van der Waals surface area contributed by atoms with Crippen LogP contribution in [0.15, 0.2) is 12.1 Å². The molecule has 1 aromatic carbocycles. The first-order valence-electron chi connectivity index (χ1n) is 6.83. The van der Waals surface area contributed by atoms with Crippen molar-refractivity contribution in [3.63, 3.8) is 0 Å². The van der Waals surface area contributed by atoms with Crippen LogP contribution in [0.4, 0.5) is 0 Å². The normalized spacial score (nSPS) is 17.5. The number of hydrogen-bond donors (Lipinski definition) is 1. The molecule has 3 rings (SSSR count). The Morgan fingerprint density at radius 1 is 1.32 bits per heavy atom. The van der Waals surface area contributed by atoms with Crippen molar-refractivity contribution in [3.8, 4) is 5.75 Å². The van der Waals surface area contributed by atoms with Gasteiger partial charge in [0.25, 0.3) is 0 Å². The van der Waals surface area contributed by atoms with E-state index in [9.17, 15) is 0 Å². The number of hydrogen-bond acceptors (Lipinski definition) is 2. The van der Waals surface area contributed by atoms with E-state index in [0.717, 1.165) is 18.7 Å². The van der Waals surface area contributed by atoms with Gasteiger partial charge in [0.2, 0.25) is 0 Å². The Bertz CT molecular complexity index is 653. The van der Waals surface area contributed by atoms with Gasteiger partial charge in [0.1, 0.15) is 5.75 Å². The average molecular weight is 258 g/mol. The maximum absolute atomic E-state index is 5.58. The number of nitrogens with zero attached hydrogens (tertiary/aromatic N) is 1. The summed E-state index contributed by atoms with van der Waals surface area (Å²) in [5.41, 5.74) is 5.50. The average Bonchev–Trinajstić information content (AvgIpc) is 2.60. The molecule has 0 fully saturated rings. The van der Waals surface area contributed by atoms with Crippen LogP contribution in [0.1, 0.15) is 30.7 Å². The molecule has 0 amide bonds. The van der Waals surface area contributed by atoms with Crippen LogP contribution in [0.2, 0.25) is 0 Å². The second-order valence-electron chi connectivity index (χ2n) is 6.26. The first-order valence-corrected chi connectivity index (χ1v) is 6.83. The third-order valence-corrected chi connectivity index (χ3v) is 4.21. The highest BCUT2D eigenvalue weighted by atomic mass is 16.5. The van der Waals surface area contributed by atoms with Crippen molar-refractivity contribution in [2.24, 2.45) is 7.05 Å². The Morgan fingerprint density at radius 3 is 2.74 bits per heavy atom. The summed E-state index contributed by atoms with van der Waals surface area (Å²) in [4.78, 5) is 0. The van der Waals surface area contributed by atoms with E-state index in [4.69, 9.17) is 4.74 Å². The van der Waals surface area contributed by atoms with E-state index in [1.54, 1.807) is 7.11 Å². The molecule has 3 heteroatoms. The zero-order chi connectivity index (χ0) is 13.8. The minimum absolute atomic E-state index is 0.164. The molecule has 0 saturated carbocycles. The van der Waals surface area contributed by atoms with Gasteiger partial charge < -0.3 is 14.6 Å². The number of methoxy groups -OCH3 is 1. The Hall–Kier alpha value is -1.48. The monoisotopic (exact) mass is 258 g/mol. The molecule has 19 heavy (non-hydrogen) atoms. The van der Waals surface area contributed by atoms with Crippen molar-refractivity contribution in [1.82, 2.24) is 9.88 Å². The fourth-order valence-corrected chi connectivity index (χ4v) is 3.20. The van der Waals surface area contributed by atoms with E-state index < -0.39 is 0 Å². The summed E-state index contributed by atoms with van der Waals surface area (Å²) >= 11 is 0. The van der Waals surface area contributed by atoms with Gasteiger partial charge >= 0.3 is 0 Å². The molecule has 0 atom stereocenters. The van der Waals surface area contributed by atoms with E-state index >= 15 is 0 Å². The highest BCUT2D eigenvalue weighted by molar-refractivity contribution is 5.91. The summed E-state index contributed by atoms with van der Waals surface area (Å²) in [5, 5.41) is 4.95. The van der Waals surface area contributed by atoms with Crippen molar-refractivity contribution in [2.75, 3.05) is 7.11 Å². The molecule has 1 N–H and O–H groups in total. The van der Waals surface area contributed by atoms with E-state index in [1.807, 2.05) is 0 Å². The number of aromatic nitrogens is 1. The predicted octanol–water partition coefficient (Wildman–Crippen LogP) is 2.92. The van der Waals surface area contributed by atoms with Crippen LogP contribution in [0.25, 0.3) is 10.9 Å². The second kappa shape index (κ2) is 4.01.